The molecule has 1 aromatic rings. The van der Waals surface area contributed by atoms with E-state index in [0.717, 1.165) is 5.56 Å². The van der Waals surface area contributed by atoms with E-state index >= 15 is 0 Å². The predicted octanol–water partition coefficient (Wildman–Crippen LogP) is 2.79. The Bertz CT molecular complexity index is 433. The van der Waals surface area contributed by atoms with E-state index < -0.39 is 0 Å². The lowest BCUT2D eigenvalue weighted by molar-refractivity contribution is -0.385. The molecule has 5 heteroatoms. The van der Waals surface area contributed by atoms with Gasteiger partial charge in [0.1, 0.15) is 0 Å². The fraction of sp³-hybridized carbons (Fsp3) is 0.500. The van der Waals surface area contributed by atoms with Crippen LogP contribution < -0.4 is 5.32 Å². The second-order valence-electron chi connectivity index (χ2n) is 4.47. The van der Waals surface area contributed by atoms with Gasteiger partial charge in [0.2, 0.25) is 0 Å². The van der Waals surface area contributed by atoms with Crippen LogP contribution >= 0.6 is 11.6 Å². The Labute approximate surface area is 105 Å². The van der Waals surface area contributed by atoms with Crippen LogP contribution in [0.4, 0.5) is 5.69 Å². The van der Waals surface area contributed by atoms with Gasteiger partial charge in [-0.2, -0.15) is 0 Å². The number of rotatable bonds is 5. The van der Waals surface area contributed by atoms with Crippen LogP contribution in [0.3, 0.4) is 0 Å². The molecular formula is C12H15ClN2O2. The lowest BCUT2D eigenvalue weighted by atomic mass is 10.0. The summed E-state index contributed by atoms with van der Waals surface area (Å²) in [6.07, 6.45) is 3.12. The van der Waals surface area contributed by atoms with Gasteiger partial charge >= 0.3 is 0 Å². The minimum Gasteiger partial charge on any atom is -0.316 e. The molecule has 4 nitrogen and oxygen atoms in total. The number of hydrogen-bond donors (Lipinski definition) is 1. The summed E-state index contributed by atoms with van der Waals surface area (Å²) < 4.78 is 0. The molecule has 1 aliphatic carbocycles. The van der Waals surface area contributed by atoms with Crippen LogP contribution in [0.15, 0.2) is 18.2 Å². The van der Waals surface area contributed by atoms with E-state index in [1.165, 1.54) is 18.9 Å². The number of nitro groups is 1. The third kappa shape index (κ3) is 2.96. The quantitative estimate of drug-likeness (QED) is 0.649. The van der Waals surface area contributed by atoms with Crippen LogP contribution in [-0.2, 0) is 6.42 Å². The van der Waals surface area contributed by atoms with Crippen LogP contribution in [0, 0.1) is 16.0 Å². The van der Waals surface area contributed by atoms with Gasteiger partial charge in [-0.25, -0.2) is 0 Å². The van der Waals surface area contributed by atoms with Crippen molar-refractivity contribution in [3.8, 4) is 0 Å². The van der Waals surface area contributed by atoms with E-state index in [4.69, 9.17) is 11.6 Å². The maximum atomic E-state index is 11.0. The number of benzene rings is 1. The summed E-state index contributed by atoms with van der Waals surface area (Å²) in [5, 5.41) is 14.6. The minimum absolute atomic E-state index is 0.124. The molecule has 2 rings (SSSR count). The van der Waals surface area contributed by atoms with Crippen LogP contribution in [0.5, 0.6) is 0 Å². The van der Waals surface area contributed by atoms with Crippen molar-refractivity contribution >= 4 is 17.3 Å². The van der Waals surface area contributed by atoms with Crippen molar-refractivity contribution in [3.05, 3.63) is 38.9 Å². The first-order valence-corrected chi connectivity index (χ1v) is 6.09. The molecule has 1 atom stereocenters. The highest BCUT2D eigenvalue weighted by atomic mass is 35.5. The summed E-state index contributed by atoms with van der Waals surface area (Å²) in [6.45, 7) is 0. The summed E-state index contributed by atoms with van der Waals surface area (Å²) in [4.78, 5) is 10.6. The van der Waals surface area contributed by atoms with Gasteiger partial charge in [0.15, 0.2) is 0 Å². The fourth-order valence-electron chi connectivity index (χ4n) is 2.12. The number of nitrogens with zero attached hydrogens (tertiary/aromatic N) is 1. The van der Waals surface area contributed by atoms with E-state index in [9.17, 15) is 10.1 Å². The van der Waals surface area contributed by atoms with E-state index in [2.05, 4.69) is 5.32 Å². The van der Waals surface area contributed by atoms with E-state index in [0.29, 0.717) is 23.4 Å². The Morgan fingerprint density at radius 2 is 2.29 bits per heavy atom. The second kappa shape index (κ2) is 5.02. The van der Waals surface area contributed by atoms with Crippen molar-refractivity contribution in [2.75, 3.05) is 7.05 Å². The Hall–Kier alpha value is -1.13. The van der Waals surface area contributed by atoms with Crippen molar-refractivity contribution in [2.24, 2.45) is 5.92 Å². The molecule has 1 fully saturated rings. The highest BCUT2D eigenvalue weighted by molar-refractivity contribution is 6.30. The smallest absolute Gasteiger partial charge is 0.274 e. The van der Waals surface area contributed by atoms with Crippen molar-refractivity contribution < 1.29 is 4.92 Å². The molecule has 0 amide bonds. The Kier molecular flexibility index (Phi) is 3.64. The summed E-state index contributed by atoms with van der Waals surface area (Å²) in [5.74, 6) is 0.662. The number of nitro benzene ring substituents is 1. The lowest BCUT2D eigenvalue weighted by Gasteiger charge is -2.15. The Morgan fingerprint density at radius 3 is 2.82 bits per heavy atom. The van der Waals surface area contributed by atoms with Gasteiger partial charge in [-0.1, -0.05) is 17.7 Å². The van der Waals surface area contributed by atoms with Crippen LogP contribution in [0.1, 0.15) is 18.4 Å². The molecular weight excluding hydrogens is 240 g/mol. The molecule has 1 aromatic carbocycles. The molecule has 0 saturated heterocycles. The highest BCUT2D eigenvalue weighted by Gasteiger charge is 2.31. The van der Waals surface area contributed by atoms with Gasteiger partial charge < -0.3 is 5.32 Å². The summed E-state index contributed by atoms with van der Waals surface area (Å²) in [6, 6.07) is 5.22. The van der Waals surface area contributed by atoms with Crippen molar-refractivity contribution in [2.45, 2.75) is 25.3 Å². The largest absolute Gasteiger partial charge is 0.316 e. The molecule has 1 unspecified atom stereocenters. The zero-order valence-electron chi connectivity index (χ0n) is 9.65. The summed E-state index contributed by atoms with van der Waals surface area (Å²) in [5.41, 5.74) is 0.879. The van der Waals surface area contributed by atoms with Gasteiger partial charge in [0.25, 0.3) is 5.69 Å². The number of halogens is 1. The third-order valence-electron chi connectivity index (χ3n) is 3.25. The van der Waals surface area contributed by atoms with Gasteiger partial charge in [0.05, 0.1) is 4.92 Å². The molecule has 1 N–H and O–H groups in total. The molecule has 92 valence electrons. The standard InChI is InChI=1S/C12H15ClN2O2/c1-14-11(8-2-3-8)6-9-4-5-10(13)7-12(9)15(16)17/h4-5,7-8,11,14H,2-3,6H2,1H3. The Balaban J connectivity index is 2.21. The average molecular weight is 255 g/mol. The van der Waals surface area contributed by atoms with Crippen molar-refractivity contribution in [1.82, 2.24) is 5.32 Å². The summed E-state index contributed by atoms with van der Waals surface area (Å²) in [7, 11) is 1.91. The molecule has 0 heterocycles. The third-order valence-corrected chi connectivity index (χ3v) is 3.48. The van der Waals surface area contributed by atoms with E-state index in [1.54, 1.807) is 12.1 Å². The SMILES string of the molecule is CNC(Cc1ccc(Cl)cc1[N+](=O)[O-])C1CC1. The molecule has 0 spiro atoms. The average Bonchev–Trinajstić information content (AvgIpc) is 3.11. The normalized spacial score (nSPS) is 16.8. The first-order chi connectivity index (χ1) is 8.11. The summed E-state index contributed by atoms with van der Waals surface area (Å²) >= 11 is 5.79. The highest BCUT2D eigenvalue weighted by Crippen LogP contribution is 2.35. The van der Waals surface area contributed by atoms with Gasteiger partial charge in [-0.3, -0.25) is 10.1 Å². The second-order valence-corrected chi connectivity index (χ2v) is 4.90. The number of nitrogens with one attached hydrogen (secondary N) is 1. The molecule has 17 heavy (non-hydrogen) atoms. The van der Waals surface area contributed by atoms with Crippen LogP contribution in [0.2, 0.25) is 5.02 Å². The lowest BCUT2D eigenvalue weighted by Crippen LogP contribution is -2.29. The zero-order valence-corrected chi connectivity index (χ0v) is 10.4. The number of likely N-dealkylation sites (N-methyl/N-ethyl adjacent to an activating group) is 1. The molecule has 1 saturated carbocycles. The minimum atomic E-state index is -0.360. The molecule has 1 aliphatic rings. The molecule has 0 bridgehead atoms. The molecule has 0 aromatic heterocycles. The fourth-order valence-corrected chi connectivity index (χ4v) is 2.29. The van der Waals surface area contributed by atoms with Crippen LogP contribution in [0.25, 0.3) is 0 Å². The molecule has 0 aliphatic heterocycles. The maximum Gasteiger partial charge on any atom is 0.274 e. The zero-order chi connectivity index (χ0) is 12.4. The Morgan fingerprint density at radius 1 is 1.59 bits per heavy atom. The van der Waals surface area contributed by atoms with Crippen LogP contribution in [-0.4, -0.2) is 18.0 Å². The van der Waals surface area contributed by atoms with Gasteiger partial charge in [-0.05, 0) is 38.3 Å². The molecule has 0 radical (unpaired) electrons. The van der Waals surface area contributed by atoms with E-state index in [1.807, 2.05) is 7.05 Å². The van der Waals surface area contributed by atoms with Crippen molar-refractivity contribution in [1.29, 1.82) is 0 Å². The maximum absolute atomic E-state index is 11.0. The predicted molar refractivity (Wildman–Crippen MR) is 67.4 cm³/mol. The first kappa shape index (κ1) is 12.3. The topological polar surface area (TPSA) is 55.2 Å². The monoisotopic (exact) mass is 254 g/mol. The van der Waals surface area contributed by atoms with E-state index in [-0.39, 0.29) is 10.6 Å². The first-order valence-electron chi connectivity index (χ1n) is 5.72. The van der Waals surface area contributed by atoms with Crippen molar-refractivity contribution in [3.63, 3.8) is 0 Å². The van der Waals surface area contributed by atoms with Gasteiger partial charge in [0, 0.05) is 22.7 Å². The van der Waals surface area contributed by atoms with Gasteiger partial charge in [-0.15, -0.1) is 0 Å². The number of hydrogen-bond acceptors (Lipinski definition) is 3.